The van der Waals surface area contributed by atoms with Gasteiger partial charge in [0.1, 0.15) is 5.01 Å². The van der Waals surface area contributed by atoms with Crippen LogP contribution < -0.4 is 5.32 Å². The maximum absolute atomic E-state index is 12.8. The van der Waals surface area contributed by atoms with Crippen LogP contribution in [0.4, 0.5) is 18.9 Å². The zero-order valence-electron chi connectivity index (χ0n) is 17.0. The first-order valence-corrected chi connectivity index (χ1v) is 10.4. The number of rotatable bonds is 6. The predicted octanol–water partition coefficient (Wildman–Crippen LogP) is 7.09. The highest BCUT2D eigenvalue weighted by atomic mass is 32.1. The Balaban J connectivity index is 1.82. The monoisotopic (exact) mass is 418 g/mol. The molecule has 1 heterocycles. The van der Waals surface area contributed by atoms with Gasteiger partial charge in [-0.3, -0.25) is 0 Å². The highest BCUT2D eigenvalue weighted by molar-refractivity contribution is 7.15. The highest BCUT2D eigenvalue weighted by Gasteiger charge is 2.30. The Labute approximate surface area is 173 Å². The van der Waals surface area contributed by atoms with Crippen LogP contribution in [0.15, 0.2) is 42.5 Å². The largest absolute Gasteiger partial charge is 0.416 e. The lowest BCUT2D eigenvalue weighted by Gasteiger charge is -2.09. The van der Waals surface area contributed by atoms with E-state index in [2.05, 4.69) is 44.3 Å². The lowest BCUT2D eigenvalue weighted by molar-refractivity contribution is -0.137. The molecule has 3 aromatic rings. The first-order chi connectivity index (χ1) is 13.7. The van der Waals surface area contributed by atoms with E-state index in [-0.39, 0.29) is 5.92 Å². The van der Waals surface area contributed by atoms with E-state index < -0.39 is 11.7 Å². The molecule has 29 heavy (non-hydrogen) atoms. The van der Waals surface area contributed by atoms with Crippen LogP contribution in [0.2, 0.25) is 0 Å². The molecule has 0 saturated carbocycles. The van der Waals surface area contributed by atoms with Crippen molar-refractivity contribution in [2.24, 2.45) is 0 Å². The third-order valence-electron chi connectivity index (χ3n) is 4.93. The number of nitrogens with one attached hydrogen (secondary N) is 1. The maximum atomic E-state index is 12.8. The van der Waals surface area contributed by atoms with Crippen molar-refractivity contribution in [3.63, 3.8) is 0 Å². The van der Waals surface area contributed by atoms with Gasteiger partial charge in [0.25, 0.3) is 0 Å². The lowest BCUT2D eigenvalue weighted by atomic mass is 10.0. The summed E-state index contributed by atoms with van der Waals surface area (Å²) in [6.45, 7) is 6.28. The fourth-order valence-corrected chi connectivity index (χ4v) is 4.56. The van der Waals surface area contributed by atoms with Crippen molar-refractivity contribution in [2.45, 2.75) is 45.7 Å². The van der Waals surface area contributed by atoms with E-state index in [4.69, 9.17) is 4.98 Å². The summed E-state index contributed by atoms with van der Waals surface area (Å²) in [4.78, 5) is 5.96. The van der Waals surface area contributed by atoms with E-state index in [9.17, 15) is 13.2 Å². The fraction of sp³-hybridized carbons (Fsp3) is 0.348. The SMILES string of the molecule is CNc1ccc(CCc2sc(-c3ccc(C(F)(F)F)cc3)nc2C(C)C)cc1C. The fourth-order valence-electron chi connectivity index (χ4n) is 3.34. The summed E-state index contributed by atoms with van der Waals surface area (Å²) in [5.74, 6) is 0.262. The molecule has 0 aliphatic carbocycles. The summed E-state index contributed by atoms with van der Waals surface area (Å²) >= 11 is 1.58. The van der Waals surface area contributed by atoms with Gasteiger partial charge < -0.3 is 5.32 Å². The van der Waals surface area contributed by atoms with Crippen LogP contribution in [0.25, 0.3) is 10.6 Å². The van der Waals surface area contributed by atoms with Crippen molar-refractivity contribution in [1.29, 1.82) is 0 Å². The minimum atomic E-state index is -4.32. The van der Waals surface area contributed by atoms with Crippen LogP contribution in [-0.4, -0.2) is 12.0 Å². The molecule has 0 atom stereocenters. The van der Waals surface area contributed by atoms with Gasteiger partial charge in [0, 0.05) is 23.2 Å². The van der Waals surface area contributed by atoms with E-state index in [1.165, 1.54) is 28.1 Å². The molecule has 3 rings (SSSR count). The summed E-state index contributed by atoms with van der Waals surface area (Å²) in [5.41, 5.74) is 4.73. The Hall–Kier alpha value is -2.34. The summed E-state index contributed by atoms with van der Waals surface area (Å²) < 4.78 is 38.5. The summed E-state index contributed by atoms with van der Waals surface area (Å²) in [7, 11) is 1.91. The zero-order chi connectivity index (χ0) is 21.2. The van der Waals surface area contributed by atoms with Gasteiger partial charge in [-0.2, -0.15) is 13.2 Å². The van der Waals surface area contributed by atoms with Crippen LogP contribution in [0, 0.1) is 6.92 Å². The molecule has 0 aliphatic heterocycles. The Morgan fingerprint density at radius 2 is 1.72 bits per heavy atom. The third-order valence-corrected chi connectivity index (χ3v) is 6.11. The standard InChI is InChI=1S/C23H25F3N2S/c1-14(2)21-20(12-6-16-5-11-19(27-4)15(3)13-16)29-22(28-21)17-7-9-18(10-8-17)23(24,25)26/h5,7-11,13-14,27H,6,12H2,1-4H3. The molecule has 1 N–H and O–H groups in total. The van der Waals surface area contributed by atoms with Gasteiger partial charge in [-0.15, -0.1) is 11.3 Å². The second-order valence-corrected chi connectivity index (χ2v) is 8.54. The van der Waals surface area contributed by atoms with Gasteiger partial charge in [0.15, 0.2) is 0 Å². The average Bonchev–Trinajstić information content (AvgIpc) is 3.10. The molecule has 0 bridgehead atoms. The Morgan fingerprint density at radius 3 is 2.28 bits per heavy atom. The van der Waals surface area contributed by atoms with E-state index in [1.54, 1.807) is 11.3 Å². The second-order valence-electron chi connectivity index (χ2n) is 7.46. The summed E-state index contributed by atoms with van der Waals surface area (Å²) in [5, 5.41) is 3.95. The number of hydrogen-bond acceptors (Lipinski definition) is 3. The molecule has 0 saturated heterocycles. The molecular formula is C23H25F3N2S. The van der Waals surface area contributed by atoms with E-state index in [1.807, 2.05) is 7.05 Å². The quantitative estimate of drug-likeness (QED) is 0.462. The number of alkyl halides is 3. The third kappa shape index (κ3) is 4.99. The van der Waals surface area contributed by atoms with Gasteiger partial charge in [-0.25, -0.2) is 4.98 Å². The van der Waals surface area contributed by atoms with Gasteiger partial charge >= 0.3 is 6.18 Å². The maximum Gasteiger partial charge on any atom is 0.416 e. The molecule has 1 aromatic heterocycles. The molecule has 2 aromatic carbocycles. The molecule has 0 amide bonds. The van der Waals surface area contributed by atoms with Crippen LogP contribution >= 0.6 is 11.3 Å². The number of anilines is 1. The number of aromatic nitrogens is 1. The van der Waals surface area contributed by atoms with Crippen LogP contribution in [-0.2, 0) is 19.0 Å². The van der Waals surface area contributed by atoms with Gasteiger partial charge in [-0.1, -0.05) is 38.1 Å². The van der Waals surface area contributed by atoms with E-state index >= 15 is 0 Å². The molecular weight excluding hydrogens is 393 g/mol. The van der Waals surface area contributed by atoms with Crippen molar-refractivity contribution >= 4 is 17.0 Å². The van der Waals surface area contributed by atoms with Crippen LogP contribution in [0.5, 0.6) is 0 Å². The van der Waals surface area contributed by atoms with Crippen molar-refractivity contribution < 1.29 is 13.2 Å². The Bertz CT molecular complexity index is 973. The number of aryl methyl sites for hydroxylation is 3. The topological polar surface area (TPSA) is 24.9 Å². The number of nitrogens with zero attached hydrogens (tertiary/aromatic N) is 1. The highest BCUT2D eigenvalue weighted by Crippen LogP contribution is 2.35. The second kappa shape index (κ2) is 8.57. The first-order valence-electron chi connectivity index (χ1n) is 9.63. The minimum Gasteiger partial charge on any atom is -0.388 e. The van der Waals surface area contributed by atoms with Gasteiger partial charge in [0.05, 0.1) is 11.3 Å². The molecule has 2 nitrogen and oxygen atoms in total. The minimum absolute atomic E-state index is 0.262. The van der Waals surface area contributed by atoms with Crippen LogP contribution in [0.1, 0.15) is 47.0 Å². The summed E-state index contributed by atoms with van der Waals surface area (Å²) in [6, 6.07) is 11.7. The lowest BCUT2D eigenvalue weighted by Crippen LogP contribution is -2.03. The molecule has 6 heteroatoms. The van der Waals surface area contributed by atoms with Gasteiger partial charge in [0.2, 0.25) is 0 Å². The Morgan fingerprint density at radius 1 is 1.03 bits per heavy atom. The number of halogens is 3. The molecule has 0 fully saturated rings. The number of benzene rings is 2. The van der Waals surface area contributed by atoms with E-state index in [0.717, 1.165) is 46.9 Å². The normalized spacial score (nSPS) is 11.9. The first kappa shape index (κ1) is 21.4. The molecule has 0 spiro atoms. The van der Waals surface area contributed by atoms with Crippen molar-refractivity contribution in [3.05, 3.63) is 69.7 Å². The molecule has 154 valence electrons. The smallest absolute Gasteiger partial charge is 0.388 e. The number of thiazole rings is 1. The zero-order valence-corrected chi connectivity index (χ0v) is 17.8. The number of hydrogen-bond donors (Lipinski definition) is 1. The van der Waals surface area contributed by atoms with Crippen LogP contribution in [0.3, 0.4) is 0 Å². The molecule has 0 radical (unpaired) electrons. The molecule has 0 aliphatic rings. The molecule has 0 unspecified atom stereocenters. The summed E-state index contributed by atoms with van der Waals surface area (Å²) in [6.07, 6.45) is -2.56. The van der Waals surface area contributed by atoms with Crippen molar-refractivity contribution in [2.75, 3.05) is 12.4 Å². The average molecular weight is 419 g/mol. The van der Waals surface area contributed by atoms with Crippen molar-refractivity contribution in [1.82, 2.24) is 4.98 Å². The van der Waals surface area contributed by atoms with E-state index in [0.29, 0.717) is 0 Å². The van der Waals surface area contributed by atoms with Crippen molar-refractivity contribution in [3.8, 4) is 10.6 Å². The predicted molar refractivity (Wildman–Crippen MR) is 115 cm³/mol. The van der Waals surface area contributed by atoms with Gasteiger partial charge in [-0.05, 0) is 55.0 Å². The Kier molecular flexibility index (Phi) is 6.32.